The van der Waals surface area contributed by atoms with E-state index in [0.717, 1.165) is 35.6 Å². The average Bonchev–Trinajstić information content (AvgIpc) is 3.27. The third kappa shape index (κ3) is 5.88. The first-order valence-corrected chi connectivity index (χ1v) is 11.5. The van der Waals surface area contributed by atoms with Gasteiger partial charge in [-0.1, -0.05) is 24.9 Å². The normalized spacial score (nSPS) is 10.8. The molecule has 168 valence electrons. The van der Waals surface area contributed by atoms with Crippen LogP contribution in [0.3, 0.4) is 0 Å². The molecule has 0 saturated carbocycles. The zero-order valence-electron chi connectivity index (χ0n) is 17.7. The molecule has 7 nitrogen and oxygen atoms in total. The van der Waals surface area contributed by atoms with Gasteiger partial charge in [-0.2, -0.15) is 9.36 Å². The molecule has 0 aliphatic carbocycles. The van der Waals surface area contributed by atoms with Gasteiger partial charge in [-0.15, -0.1) is 0 Å². The Morgan fingerprint density at radius 2 is 1.94 bits per heavy atom. The van der Waals surface area contributed by atoms with Gasteiger partial charge in [-0.05, 0) is 60.9 Å². The number of hydrogen-bond donors (Lipinski definition) is 2. The molecule has 33 heavy (non-hydrogen) atoms. The van der Waals surface area contributed by atoms with Crippen molar-refractivity contribution in [3.05, 3.63) is 77.0 Å². The highest BCUT2D eigenvalue weighted by molar-refractivity contribution is 7.10. The van der Waals surface area contributed by atoms with Crippen LogP contribution in [0.4, 0.5) is 21.0 Å². The zero-order chi connectivity index (χ0) is 23.2. The molecule has 0 saturated heterocycles. The van der Waals surface area contributed by atoms with E-state index >= 15 is 0 Å². The van der Waals surface area contributed by atoms with Crippen LogP contribution in [0.15, 0.2) is 54.9 Å². The van der Waals surface area contributed by atoms with Crippen molar-refractivity contribution < 1.29 is 9.18 Å². The third-order valence-corrected chi connectivity index (χ3v) is 5.64. The average molecular weight is 483 g/mol. The molecule has 0 atom stereocenters. The van der Waals surface area contributed by atoms with Crippen LogP contribution in [0.25, 0.3) is 11.4 Å². The monoisotopic (exact) mass is 482 g/mol. The van der Waals surface area contributed by atoms with Gasteiger partial charge in [-0.3, -0.25) is 10.1 Å². The van der Waals surface area contributed by atoms with Crippen LogP contribution in [0.5, 0.6) is 0 Å². The molecule has 4 aromatic rings. The molecular formula is C23H20ClFN6OS. The SMILES string of the molecule is CCCCc1cc(-c2nsc(NC(=O)c3ccc(Nc4cc(Cl)ncn4)cc3)n2)ccc1F. The second-order valence-electron chi connectivity index (χ2n) is 7.22. The minimum atomic E-state index is -0.308. The lowest BCUT2D eigenvalue weighted by Gasteiger charge is -2.06. The number of carbonyl (C=O) groups excluding carboxylic acids is 1. The van der Waals surface area contributed by atoms with E-state index < -0.39 is 0 Å². The van der Waals surface area contributed by atoms with Crippen molar-refractivity contribution >= 4 is 45.7 Å². The molecule has 2 aromatic carbocycles. The highest BCUT2D eigenvalue weighted by Gasteiger charge is 2.13. The fraction of sp³-hybridized carbons (Fsp3) is 0.174. The summed E-state index contributed by atoms with van der Waals surface area (Å²) in [4.78, 5) is 24.9. The van der Waals surface area contributed by atoms with E-state index in [4.69, 9.17) is 11.6 Å². The Balaban J connectivity index is 1.41. The number of hydrogen-bond acceptors (Lipinski definition) is 7. The third-order valence-electron chi connectivity index (χ3n) is 4.80. The Kier molecular flexibility index (Phi) is 7.21. The van der Waals surface area contributed by atoms with Crippen LogP contribution < -0.4 is 10.6 Å². The molecule has 4 rings (SSSR count). The minimum absolute atomic E-state index is 0.225. The molecule has 2 heterocycles. The highest BCUT2D eigenvalue weighted by Crippen LogP contribution is 2.25. The highest BCUT2D eigenvalue weighted by atomic mass is 35.5. The van der Waals surface area contributed by atoms with Gasteiger partial charge in [0.1, 0.15) is 23.1 Å². The fourth-order valence-corrected chi connectivity index (χ4v) is 3.82. The van der Waals surface area contributed by atoms with Crippen molar-refractivity contribution in [1.82, 2.24) is 19.3 Å². The second kappa shape index (κ2) is 10.5. The van der Waals surface area contributed by atoms with Crippen molar-refractivity contribution in [2.45, 2.75) is 26.2 Å². The standard InChI is InChI=1S/C23H20ClFN6OS/c1-2-3-4-15-11-16(7-10-18(15)25)21-29-23(33-31-21)30-22(32)14-5-8-17(9-6-14)28-20-12-19(24)26-13-27-20/h5-13H,2-4H2,1H3,(H,26,27,28)(H,29,30,31,32). The zero-order valence-corrected chi connectivity index (χ0v) is 19.3. The number of rotatable bonds is 8. The quantitative estimate of drug-likeness (QED) is 0.293. The van der Waals surface area contributed by atoms with Crippen molar-refractivity contribution in [1.29, 1.82) is 0 Å². The van der Waals surface area contributed by atoms with E-state index in [0.29, 0.717) is 39.5 Å². The number of aryl methyl sites for hydroxylation is 1. The first kappa shape index (κ1) is 22.8. The number of halogens is 2. The number of anilines is 3. The van der Waals surface area contributed by atoms with Gasteiger partial charge in [0.25, 0.3) is 5.91 Å². The van der Waals surface area contributed by atoms with Crippen molar-refractivity contribution in [2.75, 3.05) is 10.6 Å². The van der Waals surface area contributed by atoms with Crippen LogP contribution in [0, 0.1) is 5.82 Å². The summed E-state index contributed by atoms with van der Waals surface area (Å²) in [5.74, 6) is 0.470. The topological polar surface area (TPSA) is 92.7 Å². The molecule has 0 spiro atoms. The number of unbranched alkanes of at least 4 members (excludes halogenated alkanes) is 1. The van der Waals surface area contributed by atoms with Crippen LogP contribution in [-0.2, 0) is 6.42 Å². The molecule has 2 aromatic heterocycles. The second-order valence-corrected chi connectivity index (χ2v) is 8.35. The van der Waals surface area contributed by atoms with Crippen molar-refractivity contribution in [3.63, 3.8) is 0 Å². The van der Waals surface area contributed by atoms with Crippen LogP contribution in [0.1, 0.15) is 35.7 Å². The van der Waals surface area contributed by atoms with Gasteiger partial charge < -0.3 is 5.32 Å². The number of aromatic nitrogens is 4. The van der Waals surface area contributed by atoms with E-state index in [9.17, 15) is 9.18 Å². The summed E-state index contributed by atoms with van der Waals surface area (Å²) in [6.07, 6.45) is 3.92. The maximum Gasteiger partial charge on any atom is 0.257 e. The number of benzene rings is 2. The predicted molar refractivity (Wildman–Crippen MR) is 129 cm³/mol. The molecule has 2 N–H and O–H groups in total. The maximum atomic E-state index is 14.0. The smallest absolute Gasteiger partial charge is 0.257 e. The molecule has 1 amide bonds. The van der Waals surface area contributed by atoms with Crippen molar-refractivity contribution in [3.8, 4) is 11.4 Å². The Hall–Kier alpha value is -3.43. The molecular weight excluding hydrogens is 463 g/mol. The van der Waals surface area contributed by atoms with E-state index in [1.807, 2.05) is 0 Å². The molecule has 0 fully saturated rings. The number of nitrogens with one attached hydrogen (secondary N) is 2. The van der Waals surface area contributed by atoms with Gasteiger partial charge in [0.2, 0.25) is 5.13 Å². The van der Waals surface area contributed by atoms with Gasteiger partial charge in [0, 0.05) is 34.4 Å². The lowest BCUT2D eigenvalue weighted by Crippen LogP contribution is -2.11. The Labute approximate surface area is 199 Å². The summed E-state index contributed by atoms with van der Waals surface area (Å²) in [6, 6.07) is 13.3. The summed E-state index contributed by atoms with van der Waals surface area (Å²) in [5, 5.41) is 6.55. The van der Waals surface area contributed by atoms with Gasteiger partial charge >= 0.3 is 0 Å². The molecule has 0 aliphatic heterocycles. The Morgan fingerprint density at radius 3 is 2.70 bits per heavy atom. The van der Waals surface area contributed by atoms with Crippen LogP contribution in [-0.4, -0.2) is 25.2 Å². The lowest BCUT2D eigenvalue weighted by atomic mass is 10.0. The predicted octanol–water partition coefficient (Wildman–Crippen LogP) is 6.13. The first-order chi connectivity index (χ1) is 16.0. The molecule has 10 heteroatoms. The Morgan fingerprint density at radius 1 is 1.12 bits per heavy atom. The number of carbonyl (C=O) groups is 1. The van der Waals surface area contributed by atoms with Crippen molar-refractivity contribution in [2.24, 2.45) is 0 Å². The van der Waals surface area contributed by atoms with Gasteiger partial charge in [-0.25, -0.2) is 14.4 Å². The molecule has 0 aliphatic rings. The summed E-state index contributed by atoms with van der Waals surface area (Å²) >= 11 is 6.94. The molecule has 0 radical (unpaired) electrons. The number of nitrogens with zero attached hydrogens (tertiary/aromatic N) is 4. The summed E-state index contributed by atoms with van der Waals surface area (Å²) in [5.41, 5.74) is 2.57. The summed E-state index contributed by atoms with van der Waals surface area (Å²) < 4.78 is 18.3. The van der Waals surface area contributed by atoms with Gasteiger partial charge in [0.05, 0.1) is 0 Å². The lowest BCUT2D eigenvalue weighted by molar-refractivity contribution is 0.102. The van der Waals surface area contributed by atoms with Crippen LogP contribution >= 0.6 is 23.1 Å². The summed E-state index contributed by atoms with van der Waals surface area (Å²) in [7, 11) is 0. The minimum Gasteiger partial charge on any atom is -0.340 e. The Bertz CT molecular complexity index is 1260. The van der Waals surface area contributed by atoms with E-state index in [1.165, 1.54) is 12.4 Å². The maximum absolute atomic E-state index is 14.0. The molecule has 0 unspecified atom stereocenters. The van der Waals surface area contributed by atoms with Gasteiger partial charge in [0.15, 0.2) is 5.82 Å². The summed E-state index contributed by atoms with van der Waals surface area (Å²) in [6.45, 7) is 2.07. The first-order valence-electron chi connectivity index (χ1n) is 10.3. The van der Waals surface area contributed by atoms with Crippen LogP contribution in [0.2, 0.25) is 5.15 Å². The molecule has 0 bridgehead atoms. The largest absolute Gasteiger partial charge is 0.340 e. The van der Waals surface area contributed by atoms with E-state index in [-0.39, 0.29) is 11.7 Å². The van der Waals surface area contributed by atoms with E-state index in [1.54, 1.807) is 42.5 Å². The number of amides is 1. The fourth-order valence-electron chi connectivity index (χ4n) is 3.09. The van der Waals surface area contributed by atoms with E-state index in [2.05, 4.69) is 36.9 Å².